The summed E-state index contributed by atoms with van der Waals surface area (Å²) in [7, 11) is 1.96. The van der Waals surface area contributed by atoms with E-state index in [1.807, 2.05) is 22.6 Å². The zero-order chi connectivity index (χ0) is 13.1. The van der Waals surface area contributed by atoms with Crippen molar-refractivity contribution in [2.45, 2.75) is 38.4 Å². The summed E-state index contributed by atoms with van der Waals surface area (Å²) in [6.45, 7) is 3.07. The fraction of sp³-hybridized carbons (Fsp3) is 0.615. The van der Waals surface area contributed by atoms with Gasteiger partial charge in [0.05, 0.1) is 12.7 Å². The first-order valence-corrected chi connectivity index (χ1v) is 6.85. The molecular formula is C13H20N6. The van der Waals surface area contributed by atoms with E-state index in [1.165, 1.54) is 24.8 Å². The Balaban J connectivity index is 1.66. The molecule has 0 spiro atoms. The van der Waals surface area contributed by atoms with Crippen molar-refractivity contribution in [3.8, 4) is 0 Å². The van der Waals surface area contributed by atoms with Crippen LogP contribution in [0.25, 0.3) is 0 Å². The molecule has 6 nitrogen and oxygen atoms in total. The van der Waals surface area contributed by atoms with Gasteiger partial charge in [-0.05, 0) is 19.4 Å². The normalized spacial score (nSPS) is 20.8. The summed E-state index contributed by atoms with van der Waals surface area (Å²) < 4.78 is 3.80. The molecule has 3 rings (SSSR count). The molecule has 102 valence electrons. The predicted molar refractivity (Wildman–Crippen MR) is 71.3 cm³/mol. The van der Waals surface area contributed by atoms with E-state index in [9.17, 15) is 0 Å². The second kappa shape index (κ2) is 5.52. The van der Waals surface area contributed by atoms with Crippen LogP contribution in [0.3, 0.4) is 0 Å². The molecule has 0 amide bonds. The van der Waals surface area contributed by atoms with Crippen molar-refractivity contribution in [1.82, 2.24) is 29.4 Å². The summed E-state index contributed by atoms with van der Waals surface area (Å²) in [5, 5.41) is 8.46. The van der Waals surface area contributed by atoms with E-state index in [4.69, 9.17) is 0 Å². The van der Waals surface area contributed by atoms with E-state index in [0.717, 1.165) is 19.6 Å². The van der Waals surface area contributed by atoms with Gasteiger partial charge >= 0.3 is 0 Å². The third kappa shape index (κ3) is 3.01. The lowest BCUT2D eigenvalue weighted by Gasteiger charge is -2.35. The van der Waals surface area contributed by atoms with Gasteiger partial charge in [-0.1, -0.05) is 6.42 Å². The minimum atomic E-state index is 0.552. The van der Waals surface area contributed by atoms with Crippen molar-refractivity contribution in [2.24, 2.45) is 7.05 Å². The maximum Gasteiger partial charge on any atom is 0.137 e. The maximum atomic E-state index is 4.25. The lowest BCUT2D eigenvalue weighted by Crippen LogP contribution is -2.41. The van der Waals surface area contributed by atoms with Crippen LogP contribution < -0.4 is 0 Å². The van der Waals surface area contributed by atoms with Crippen LogP contribution >= 0.6 is 0 Å². The van der Waals surface area contributed by atoms with Gasteiger partial charge in [0, 0.05) is 31.4 Å². The predicted octanol–water partition coefficient (Wildman–Crippen LogP) is 1.07. The molecule has 2 aromatic heterocycles. The summed E-state index contributed by atoms with van der Waals surface area (Å²) in [4.78, 5) is 6.56. The monoisotopic (exact) mass is 260 g/mol. The van der Waals surface area contributed by atoms with Crippen LogP contribution in [-0.4, -0.2) is 42.0 Å². The van der Waals surface area contributed by atoms with Crippen molar-refractivity contribution < 1.29 is 0 Å². The molecule has 0 aromatic carbocycles. The number of hydrogen-bond donors (Lipinski definition) is 0. The van der Waals surface area contributed by atoms with Crippen molar-refractivity contribution in [2.75, 3.05) is 6.54 Å². The Morgan fingerprint density at radius 1 is 1.32 bits per heavy atom. The minimum absolute atomic E-state index is 0.552. The van der Waals surface area contributed by atoms with E-state index >= 15 is 0 Å². The topological polar surface area (TPSA) is 51.8 Å². The number of rotatable bonds is 4. The highest BCUT2D eigenvalue weighted by Gasteiger charge is 2.23. The fourth-order valence-corrected chi connectivity index (χ4v) is 2.81. The number of likely N-dealkylation sites (tertiary alicyclic amines) is 1. The smallest absolute Gasteiger partial charge is 0.137 e. The van der Waals surface area contributed by atoms with E-state index in [-0.39, 0.29) is 0 Å². The fourth-order valence-electron chi connectivity index (χ4n) is 2.81. The Kier molecular flexibility index (Phi) is 3.59. The zero-order valence-corrected chi connectivity index (χ0v) is 11.3. The number of hydrogen-bond acceptors (Lipinski definition) is 4. The van der Waals surface area contributed by atoms with Crippen LogP contribution in [0.5, 0.6) is 0 Å². The summed E-state index contributed by atoms with van der Waals surface area (Å²) in [6, 6.07) is 0.552. The lowest BCUT2D eigenvalue weighted by atomic mass is 10.0. The highest BCUT2D eigenvalue weighted by atomic mass is 15.3. The molecule has 19 heavy (non-hydrogen) atoms. The van der Waals surface area contributed by atoms with Gasteiger partial charge in [0.15, 0.2) is 0 Å². The molecule has 3 heterocycles. The summed E-state index contributed by atoms with van der Waals surface area (Å²) in [6.07, 6.45) is 11.3. The molecule has 6 heteroatoms. The highest BCUT2D eigenvalue weighted by molar-refractivity contribution is 5.04. The van der Waals surface area contributed by atoms with Gasteiger partial charge in [-0.15, -0.1) is 0 Å². The third-order valence-corrected chi connectivity index (χ3v) is 3.76. The Labute approximate surface area is 113 Å². The third-order valence-electron chi connectivity index (χ3n) is 3.76. The largest absolute Gasteiger partial charge is 0.294 e. The quantitative estimate of drug-likeness (QED) is 0.825. The van der Waals surface area contributed by atoms with Crippen LogP contribution in [0.4, 0.5) is 0 Å². The number of piperidine rings is 1. The molecule has 1 aliphatic heterocycles. The average Bonchev–Trinajstić information content (AvgIpc) is 3.04. The van der Waals surface area contributed by atoms with E-state index < -0.39 is 0 Å². The van der Waals surface area contributed by atoms with Crippen LogP contribution in [0, 0.1) is 0 Å². The van der Waals surface area contributed by atoms with Gasteiger partial charge in [0.25, 0.3) is 0 Å². The molecule has 1 aliphatic rings. The van der Waals surface area contributed by atoms with E-state index in [1.54, 1.807) is 12.7 Å². The second-order valence-electron chi connectivity index (χ2n) is 5.26. The molecule has 1 atom stereocenters. The number of aromatic nitrogens is 5. The highest BCUT2D eigenvalue weighted by Crippen LogP contribution is 2.20. The van der Waals surface area contributed by atoms with E-state index in [2.05, 4.69) is 26.3 Å². The molecule has 1 saturated heterocycles. The molecular weight excluding hydrogens is 240 g/mol. The first-order valence-electron chi connectivity index (χ1n) is 6.85. The van der Waals surface area contributed by atoms with Crippen LogP contribution in [0.1, 0.15) is 24.8 Å². The average molecular weight is 260 g/mol. The Hall–Kier alpha value is -1.69. The summed E-state index contributed by atoms with van der Waals surface area (Å²) in [5.41, 5.74) is 1.29. The Bertz CT molecular complexity index is 503. The maximum absolute atomic E-state index is 4.25. The summed E-state index contributed by atoms with van der Waals surface area (Å²) >= 11 is 0. The molecule has 0 radical (unpaired) electrons. The first-order chi connectivity index (χ1) is 9.31. The van der Waals surface area contributed by atoms with Crippen molar-refractivity contribution in [3.05, 3.63) is 30.6 Å². The Morgan fingerprint density at radius 3 is 3.00 bits per heavy atom. The molecule has 0 unspecified atom stereocenters. The van der Waals surface area contributed by atoms with Crippen molar-refractivity contribution in [3.63, 3.8) is 0 Å². The van der Waals surface area contributed by atoms with E-state index in [0.29, 0.717) is 6.04 Å². The first kappa shape index (κ1) is 12.3. The Morgan fingerprint density at radius 2 is 2.26 bits per heavy atom. The molecule has 0 bridgehead atoms. The van der Waals surface area contributed by atoms with Crippen LogP contribution in [0.2, 0.25) is 0 Å². The van der Waals surface area contributed by atoms with Gasteiger partial charge < -0.3 is 0 Å². The van der Waals surface area contributed by atoms with Gasteiger partial charge in [-0.3, -0.25) is 14.3 Å². The molecule has 0 saturated carbocycles. The molecule has 2 aromatic rings. The van der Waals surface area contributed by atoms with Gasteiger partial charge in [-0.2, -0.15) is 10.2 Å². The zero-order valence-electron chi connectivity index (χ0n) is 11.3. The second-order valence-corrected chi connectivity index (χ2v) is 5.26. The summed E-state index contributed by atoms with van der Waals surface area (Å²) in [5.74, 6) is 0. The minimum Gasteiger partial charge on any atom is -0.294 e. The van der Waals surface area contributed by atoms with Crippen molar-refractivity contribution >= 4 is 0 Å². The van der Waals surface area contributed by atoms with Crippen LogP contribution in [0.15, 0.2) is 25.0 Å². The molecule has 1 fully saturated rings. The number of nitrogens with zero attached hydrogens (tertiary/aromatic N) is 6. The van der Waals surface area contributed by atoms with Gasteiger partial charge in [0.2, 0.25) is 0 Å². The molecule has 0 aliphatic carbocycles. The molecule has 0 N–H and O–H groups in total. The van der Waals surface area contributed by atoms with Gasteiger partial charge in [-0.25, -0.2) is 4.98 Å². The number of aryl methyl sites for hydroxylation is 1. The standard InChI is InChI=1S/C13H20N6/c1-17-7-12(6-15-17)8-18-5-3-2-4-13(18)9-19-11-14-10-16-19/h6-7,10-11,13H,2-5,8-9H2,1H3/t13-/m1/s1. The SMILES string of the molecule is Cn1cc(CN2CCCC[C@@H]2Cn2cncn2)cn1. The van der Waals surface area contributed by atoms with Crippen molar-refractivity contribution in [1.29, 1.82) is 0 Å². The lowest BCUT2D eigenvalue weighted by molar-refractivity contribution is 0.122. The van der Waals surface area contributed by atoms with Gasteiger partial charge in [0.1, 0.15) is 12.7 Å². The van der Waals surface area contributed by atoms with Crippen LogP contribution in [-0.2, 0) is 20.1 Å².